The third-order valence-corrected chi connectivity index (χ3v) is 10.1. The van der Waals surface area contributed by atoms with Crippen molar-refractivity contribution < 1.29 is 0 Å². The molecular weight excluding hydrogens is 631 g/mol. The van der Waals surface area contributed by atoms with Gasteiger partial charge in [-0.15, -0.1) is 0 Å². The standard InChI is InChI=1S/C49H31N3/c1-2-9-32(10-3-1)33-17-21-37(22-18-33)47-50-48(38-23-19-36(20-24-38)42-16-8-13-34-11-4-6-14-41(34)42)52-49(51-47)40-27-28-44-39(31-40)26-30-45-43-15-7-5-12-35(43)25-29-46(44)45/h1-31H. The van der Waals surface area contributed by atoms with Crippen LogP contribution in [0.3, 0.4) is 0 Å². The van der Waals surface area contributed by atoms with Crippen LogP contribution in [0.1, 0.15) is 0 Å². The summed E-state index contributed by atoms with van der Waals surface area (Å²) in [5.41, 5.74) is 7.51. The Morgan fingerprint density at radius 1 is 0.231 bits per heavy atom. The van der Waals surface area contributed by atoms with E-state index in [0.29, 0.717) is 17.5 Å². The first kappa shape index (κ1) is 29.9. The van der Waals surface area contributed by atoms with Crippen LogP contribution in [0.5, 0.6) is 0 Å². The van der Waals surface area contributed by atoms with Crippen LogP contribution in [-0.4, -0.2) is 15.0 Å². The zero-order valence-corrected chi connectivity index (χ0v) is 28.2. The fraction of sp³-hybridized carbons (Fsp3) is 0. The second-order valence-electron chi connectivity index (χ2n) is 13.2. The van der Waals surface area contributed by atoms with Gasteiger partial charge in [0.05, 0.1) is 0 Å². The van der Waals surface area contributed by atoms with Gasteiger partial charge < -0.3 is 0 Å². The second-order valence-corrected chi connectivity index (χ2v) is 13.2. The molecule has 0 spiro atoms. The third-order valence-electron chi connectivity index (χ3n) is 10.1. The van der Waals surface area contributed by atoms with E-state index in [0.717, 1.165) is 33.2 Å². The van der Waals surface area contributed by atoms with E-state index >= 15 is 0 Å². The summed E-state index contributed by atoms with van der Waals surface area (Å²) in [5.74, 6) is 1.93. The lowest BCUT2D eigenvalue weighted by atomic mass is 9.96. The van der Waals surface area contributed by atoms with Crippen molar-refractivity contribution in [3.05, 3.63) is 188 Å². The van der Waals surface area contributed by atoms with Crippen molar-refractivity contribution in [1.29, 1.82) is 0 Å². The maximum atomic E-state index is 5.10. The first-order valence-corrected chi connectivity index (χ1v) is 17.6. The van der Waals surface area contributed by atoms with Crippen LogP contribution in [0.2, 0.25) is 0 Å². The fourth-order valence-electron chi connectivity index (χ4n) is 7.45. The van der Waals surface area contributed by atoms with Crippen LogP contribution >= 0.6 is 0 Å². The highest BCUT2D eigenvalue weighted by Gasteiger charge is 2.15. The maximum absolute atomic E-state index is 5.10. The Kier molecular flexibility index (Phi) is 7.14. The number of nitrogens with zero attached hydrogens (tertiary/aromatic N) is 3. The molecule has 0 unspecified atom stereocenters. The summed E-state index contributed by atoms with van der Waals surface area (Å²) in [6, 6.07) is 66.5. The van der Waals surface area contributed by atoms with Gasteiger partial charge in [0.2, 0.25) is 0 Å². The zero-order chi connectivity index (χ0) is 34.4. The lowest BCUT2D eigenvalue weighted by Crippen LogP contribution is -2.00. The molecule has 0 aliphatic heterocycles. The minimum absolute atomic E-state index is 0.640. The molecule has 52 heavy (non-hydrogen) atoms. The molecule has 3 nitrogen and oxygen atoms in total. The molecule has 0 bridgehead atoms. The van der Waals surface area contributed by atoms with Crippen molar-refractivity contribution in [3.63, 3.8) is 0 Å². The van der Waals surface area contributed by atoms with Gasteiger partial charge in [-0.25, -0.2) is 15.0 Å². The molecule has 0 fully saturated rings. The molecule has 0 aliphatic rings. The first-order valence-electron chi connectivity index (χ1n) is 17.6. The number of benzene rings is 9. The van der Waals surface area contributed by atoms with Gasteiger partial charge in [-0.05, 0) is 71.4 Å². The average molecular weight is 662 g/mol. The predicted molar refractivity (Wildman–Crippen MR) is 217 cm³/mol. The molecule has 10 aromatic rings. The molecule has 0 radical (unpaired) electrons. The molecule has 0 saturated carbocycles. The van der Waals surface area contributed by atoms with E-state index in [4.69, 9.17) is 15.0 Å². The molecule has 242 valence electrons. The molecule has 1 heterocycles. The minimum atomic E-state index is 0.640. The van der Waals surface area contributed by atoms with Gasteiger partial charge in [-0.1, -0.05) is 182 Å². The third kappa shape index (κ3) is 5.28. The molecule has 9 aromatic carbocycles. The molecule has 0 aliphatic carbocycles. The van der Waals surface area contributed by atoms with Gasteiger partial charge in [-0.2, -0.15) is 0 Å². The summed E-state index contributed by atoms with van der Waals surface area (Å²) < 4.78 is 0. The summed E-state index contributed by atoms with van der Waals surface area (Å²) in [6.07, 6.45) is 0. The minimum Gasteiger partial charge on any atom is -0.208 e. The zero-order valence-electron chi connectivity index (χ0n) is 28.2. The van der Waals surface area contributed by atoms with E-state index in [-0.39, 0.29) is 0 Å². The lowest BCUT2D eigenvalue weighted by Gasteiger charge is -2.12. The SMILES string of the molecule is c1ccc(-c2ccc(-c3nc(-c4ccc(-c5cccc6ccccc56)cc4)nc(-c4ccc5c(ccc6c7ccccc7ccc56)c4)n3)cc2)cc1. The second kappa shape index (κ2) is 12.4. The van der Waals surface area contributed by atoms with E-state index in [1.807, 2.05) is 6.07 Å². The highest BCUT2D eigenvalue weighted by molar-refractivity contribution is 6.17. The predicted octanol–water partition coefficient (Wildman–Crippen LogP) is 12.8. The van der Waals surface area contributed by atoms with Gasteiger partial charge in [0.1, 0.15) is 0 Å². The number of fused-ring (bicyclic) bond motifs is 6. The van der Waals surface area contributed by atoms with E-state index in [1.54, 1.807) is 0 Å². The quantitative estimate of drug-likeness (QED) is 0.172. The molecular formula is C49H31N3. The van der Waals surface area contributed by atoms with Crippen LogP contribution < -0.4 is 0 Å². The normalized spacial score (nSPS) is 11.5. The Hall–Kier alpha value is -6.97. The van der Waals surface area contributed by atoms with Gasteiger partial charge in [0.25, 0.3) is 0 Å². The molecule has 0 N–H and O–H groups in total. The van der Waals surface area contributed by atoms with Gasteiger partial charge >= 0.3 is 0 Å². The molecule has 10 rings (SSSR count). The van der Waals surface area contributed by atoms with Gasteiger partial charge in [0, 0.05) is 16.7 Å². The van der Waals surface area contributed by atoms with E-state index < -0.39 is 0 Å². The van der Waals surface area contributed by atoms with Crippen LogP contribution in [0.4, 0.5) is 0 Å². The largest absolute Gasteiger partial charge is 0.208 e. The lowest BCUT2D eigenvalue weighted by molar-refractivity contribution is 1.07. The van der Waals surface area contributed by atoms with Crippen LogP contribution in [-0.2, 0) is 0 Å². The molecule has 3 heteroatoms. The van der Waals surface area contributed by atoms with Crippen molar-refractivity contribution in [3.8, 4) is 56.4 Å². The summed E-state index contributed by atoms with van der Waals surface area (Å²) >= 11 is 0. The molecule has 1 aromatic heterocycles. The van der Waals surface area contributed by atoms with Crippen molar-refractivity contribution in [2.45, 2.75) is 0 Å². The van der Waals surface area contributed by atoms with Crippen molar-refractivity contribution >= 4 is 43.1 Å². The Morgan fingerprint density at radius 3 is 1.37 bits per heavy atom. The summed E-state index contributed by atoms with van der Waals surface area (Å²) in [7, 11) is 0. The number of rotatable bonds is 5. The van der Waals surface area contributed by atoms with Crippen LogP contribution in [0, 0.1) is 0 Å². The smallest absolute Gasteiger partial charge is 0.164 e. The average Bonchev–Trinajstić information content (AvgIpc) is 3.23. The van der Waals surface area contributed by atoms with Gasteiger partial charge in [-0.3, -0.25) is 0 Å². The van der Waals surface area contributed by atoms with E-state index in [9.17, 15) is 0 Å². The van der Waals surface area contributed by atoms with Crippen LogP contribution in [0.15, 0.2) is 188 Å². The highest BCUT2D eigenvalue weighted by atomic mass is 15.0. The first-order chi connectivity index (χ1) is 25.7. The number of hydrogen-bond acceptors (Lipinski definition) is 3. The van der Waals surface area contributed by atoms with Gasteiger partial charge in [0.15, 0.2) is 17.5 Å². The Balaban J connectivity index is 1.09. The molecule has 0 saturated heterocycles. The topological polar surface area (TPSA) is 38.7 Å². The maximum Gasteiger partial charge on any atom is 0.164 e. The number of aromatic nitrogens is 3. The van der Waals surface area contributed by atoms with E-state index in [1.165, 1.54) is 48.8 Å². The highest BCUT2D eigenvalue weighted by Crippen LogP contribution is 2.35. The van der Waals surface area contributed by atoms with E-state index in [2.05, 4.69) is 182 Å². The number of hydrogen-bond donors (Lipinski definition) is 0. The summed E-state index contributed by atoms with van der Waals surface area (Å²) in [6.45, 7) is 0. The Bertz CT molecular complexity index is 2930. The molecule has 0 atom stereocenters. The molecule has 0 amide bonds. The Labute approximate surface area is 301 Å². The monoisotopic (exact) mass is 661 g/mol. The summed E-state index contributed by atoms with van der Waals surface area (Å²) in [4.78, 5) is 15.3. The fourth-order valence-corrected chi connectivity index (χ4v) is 7.45. The summed E-state index contributed by atoms with van der Waals surface area (Å²) in [5, 5.41) is 9.83. The van der Waals surface area contributed by atoms with Crippen molar-refractivity contribution in [2.75, 3.05) is 0 Å². The van der Waals surface area contributed by atoms with Crippen molar-refractivity contribution in [1.82, 2.24) is 15.0 Å². The van der Waals surface area contributed by atoms with Crippen LogP contribution in [0.25, 0.3) is 99.5 Å². The Morgan fingerprint density at radius 2 is 0.673 bits per heavy atom. The van der Waals surface area contributed by atoms with Crippen molar-refractivity contribution in [2.24, 2.45) is 0 Å².